The molecule has 1 heterocycles. The Hall–Kier alpha value is -2.82. The molecule has 2 aromatic rings. The lowest BCUT2D eigenvalue weighted by Gasteiger charge is -2.26. The van der Waals surface area contributed by atoms with E-state index in [9.17, 15) is 9.59 Å². The van der Waals surface area contributed by atoms with Crippen LogP contribution in [-0.4, -0.2) is 32.0 Å². The predicted molar refractivity (Wildman–Crippen MR) is 103 cm³/mol. The smallest absolute Gasteiger partial charge is 0.232 e. The Balaban J connectivity index is 1.83. The van der Waals surface area contributed by atoms with Gasteiger partial charge in [0.2, 0.25) is 11.8 Å². The van der Waals surface area contributed by atoms with Gasteiger partial charge in [0.1, 0.15) is 5.75 Å². The molecular formula is C21H24N2O3. The summed E-state index contributed by atoms with van der Waals surface area (Å²) in [7, 11) is 1.58. The third-order valence-corrected chi connectivity index (χ3v) is 4.84. The van der Waals surface area contributed by atoms with Gasteiger partial charge >= 0.3 is 0 Å². The van der Waals surface area contributed by atoms with Crippen molar-refractivity contribution in [2.45, 2.75) is 20.3 Å². The monoisotopic (exact) mass is 352 g/mol. The molecule has 1 fully saturated rings. The zero-order valence-electron chi connectivity index (χ0n) is 15.4. The van der Waals surface area contributed by atoms with Gasteiger partial charge in [0.05, 0.1) is 18.7 Å². The van der Waals surface area contributed by atoms with Crippen LogP contribution in [0, 0.1) is 12.8 Å². The number of hydrogen-bond donors (Lipinski definition) is 0. The van der Waals surface area contributed by atoms with E-state index in [0.29, 0.717) is 24.5 Å². The van der Waals surface area contributed by atoms with Gasteiger partial charge in [-0.05, 0) is 37.6 Å². The number of para-hydroxylation sites is 3. The van der Waals surface area contributed by atoms with Crippen molar-refractivity contribution in [1.82, 2.24) is 0 Å². The lowest BCUT2D eigenvalue weighted by molar-refractivity contribution is -0.124. The van der Waals surface area contributed by atoms with Crippen molar-refractivity contribution in [1.29, 1.82) is 0 Å². The number of aryl methyl sites for hydroxylation is 1. The van der Waals surface area contributed by atoms with Gasteiger partial charge in [-0.3, -0.25) is 9.59 Å². The summed E-state index contributed by atoms with van der Waals surface area (Å²) in [5.74, 6) is 0.230. The number of ether oxygens (including phenoxy) is 1. The highest BCUT2D eigenvalue weighted by molar-refractivity contribution is 6.05. The Morgan fingerprint density at radius 3 is 2.58 bits per heavy atom. The minimum Gasteiger partial charge on any atom is -0.495 e. The van der Waals surface area contributed by atoms with Gasteiger partial charge in [-0.1, -0.05) is 30.3 Å². The van der Waals surface area contributed by atoms with Crippen molar-refractivity contribution >= 4 is 23.2 Å². The third-order valence-electron chi connectivity index (χ3n) is 4.84. The normalized spacial score (nSPS) is 16.7. The molecule has 5 heteroatoms. The average Bonchev–Trinajstić information content (AvgIpc) is 3.05. The number of methoxy groups -OCH3 is 1. The van der Waals surface area contributed by atoms with Crippen LogP contribution < -0.4 is 14.5 Å². The largest absolute Gasteiger partial charge is 0.495 e. The number of anilines is 2. The summed E-state index contributed by atoms with van der Waals surface area (Å²) in [4.78, 5) is 29.1. The number of benzene rings is 2. The quantitative estimate of drug-likeness (QED) is 0.829. The van der Waals surface area contributed by atoms with Gasteiger partial charge in [0.25, 0.3) is 0 Å². The molecule has 1 atom stereocenters. The Bertz CT molecular complexity index is 818. The molecule has 0 saturated carbocycles. The van der Waals surface area contributed by atoms with Crippen LogP contribution in [0.1, 0.15) is 18.9 Å². The number of amides is 2. The minimum atomic E-state index is -0.355. The maximum atomic E-state index is 13.1. The molecule has 1 aliphatic rings. The predicted octanol–water partition coefficient (Wildman–Crippen LogP) is 3.41. The number of carbonyl (C=O) groups is 2. The number of nitrogens with zero attached hydrogens (tertiary/aromatic N) is 2. The summed E-state index contributed by atoms with van der Waals surface area (Å²) < 4.78 is 5.37. The highest BCUT2D eigenvalue weighted by Crippen LogP contribution is 2.34. The van der Waals surface area contributed by atoms with Crippen molar-refractivity contribution in [3.05, 3.63) is 54.1 Å². The number of hydrogen-bond acceptors (Lipinski definition) is 3. The summed E-state index contributed by atoms with van der Waals surface area (Å²) in [6, 6.07) is 15.2. The highest BCUT2D eigenvalue weighted by Gasteiger charge is 2.38. The van der Waals surface area contributed by atoms with Crippen molar-refractivity contribution < 1.29 is 14.3 Å². The molecule has 3 rings (SSSR count). The molecule has 1 saturated heterocycles. The van der Waals surface area contributed by atoms with E-state index in [1.807, 2.05) is 62.4 Å². The average molecular weight is 352 g/mol. The molecule has 0 spiro atoms. The van der Waals surface area contributed by atoms with Crippen LogP contribution in [-0.2, 0) is 9.59 Å². The van der Waals surface area contributed by atoms with E-state index < -0.39 is 0 Å². The van der Waals surface area contributed by atoms with Gasteiger partial charge in [-0.15, -0.1) is 0 Å². The summed E-state index contributed by atoms with van der Waals surface area (Å²) in [5.41, 5.74) is 2.67. The summed E-state index contributed by atoms with van der Waals surface area (Å²) in [6.07, 6.45) is 0.221. The molecule has 0 bridgehead atoms. The molecule has 0 N–H and O–H groups in total. The molecule has 136 valence electrons. The van der Waals surface area contributed by atoms with E-state index in [1.165, 1.54) is 0 Å². The number of rotatable bonds is 5. The van der Waals surface area contributed by atoms with E-state index in [4.69, 9.17) is 4.74 Å². The molecule has 1 aliphatic heterocycles. The van der Waals surface area contributed by atoms with E-state index >= 15 is 0 Å². The van der Waals surface area contributed by atoms with Crippen LogP contribution in [0.25, 0.3) is 0 Å². The molecule has 2 aromatic carbocycles. The van der Waals surface area contributed by atoms with Gasteiger partial charge in [0.15, 0.2) is 0 Å². The molecule has 26 heavy (non-hydrogen) atoms. The Labute approximate surface area is 154 Å². The first-order chi connectivity index (χ1) is 12.6. The van der Waals surface area contributed by atoms with Crippen LogP contribution >= 0.6 is 0 Å². The third kappa shape index (κ3) is 3.29. The first-order valence-corrected chi connectivity index (χ1v) is 8.87. The maximum Gasteiger partial charge on any atom is 0.232 e. The second-order valence-corrected chi connectivity index (χ2v) is 6.45. The van der Waals surface area contributed by atoms with Crippen molar-refractivity contribution in [3.8, 4) is 5.75 Å². The SMILES string of the molecule is CCN(C(=O)C1CC(=O)N(c2ccccc2OC)C1)c1ccccc1C. The standard InChI is InChI=1S/C21H24N2O3/c1-4-22(17-10-6-5-9-15(17)2)21(25)16-13-20(24)23(14-16)18-11-7-8-12-19(18)26-3/h5-12,16H,4,13-14H2,1-3H3. The fourth-order valence-corrected chi connectivity index (χ4v) is 3.49. The maximum absolute atomic E-state index is 13.1. The molecule has 0 aliphatic carbocycles. The van der Waals surface area contributed by atoms with E-state index in [-0.39, 0.29) is 24.2 Å². The van der Waals surface area contributed by atoms with Crippen LogP contribution in [0.4, 0.5) is 11.4 Å². The van der Waals surface area contributed by atoms with E-state index in [0.717, 1.165) is 11.3 Å². The van der Waals surface area contributed by atoms with Crippen molar-refractivity contribution in [3.63, 3.8) is 0 Å². The van der Waals surface area contributed by atoms with Gasteiger partial charge < -0.3 is 14.5 Å². The molecule has 0 aromatic heterocycles. The van der Waals surface area contributed by atoms with Crippen LogP contribution in [0.2, 0.25) is 0 Å². The zero-order chi connectivity index (χ0) is 18.7. The fourth-order valence-electron chi connectivity index (χ4n) is 3.49. The lowest BCUT2D eigenvalue weighted by Crippen LogP contribution is -2.37. The van der Waals surface area contributed by atoms with Gasteiger partial charge in [0, 0.05) is 25.2 Å². The van der Waals surface area contributed by atoms with Gasteiger partial charge in [-0.2, -0.15) is 0 Å². The summed E-state index contributed by atoms with van der Waals surface area (Å²) in [6.45, 7) is 4.90. The number of carbonyl (C=O) groups excluding carboxylic acids is 2. The Morgan fingerprint density at radius 2 is 1.88 bits per heavy atom. The lowest BCUT2D eigenvalue weighted by atomic mass is 10.1. The topological polar surface area (TPSA) is 49.9 Å². The summed E-state index contributed by atoms with van der Waals surface area (Å²) >= 11 is 0. The fraction of sp³-hybridized carbons (Fsp3) is 0.333. The molecule has 2 amide bonds. The minimum absolute atomic E-state index is 0.00690. The first kappa shape index (κ1) is 18.0. The van der Waals surface area contributed by atoms with E-state index in [1.54, 1.807) is 16.9 Å². The summed E-state index contributed by atoms with van der Waals surface area (Å²) in [5, 5.41) is 0. The zero-order valence-corrected chi connectivity index (χ0v) is 15.4. The Kier molecular flexibility index (Phi) is 5.26. The first-order valence-electron chi connectivity index (χ1n) is 8.87. The van der Waals surface area contributed by atoms with Crippen LogP contribution in [0.5, 0.6) is 5.75 Å². The second-order valence-electron chi connectivity index (χ2n) is 6.45. The highest BCUT2D eigenvalue weighted by atomic mass is 16.5. The van der Waals surface area contributed by atoms with Gasteiger partial charge in [-0.25, -0.2) is 0 Å². The van der Waals surface area contributed by atoms with Crippen LogP contribution in [0.15, 0.2) is 48.5 Å². The van der Waals surface area contributed by atoms with Crippen molar-refractivity contribution in [2.75, 3.05) is 30.0 Å². The van der Waals surface area contributed by atoms with E-state index in [2.05, 4.69) is 0 Å². The second kappa shape index (κ2) is 7.60. The molecule has 1 unspecified atom stereocenters. The molecule has 0 radical (unpaired) electrons. The molecular weight excluding hydrogens is 328 g/mol. The van der Waals surface area contributed by atoms with Crippen LogP contribution in [0.3, 0.4) is 0 Å². The Morgan fingerprint density at radius 1 is 1.19 bits per heavy atom. The molecule has 5 nitrogen and oxygen atoms in total. The van der Waals surface area contributed by atoms with Crippen molar-refractivity contribution in [2.24, 2.45) is 5.92 Å².